The van der Waals surface area contributed by atoms with Gasteiger partial charge in [-0.25, -0.2) is 4.98 Å². The molecule has 2 aromatic rings. The lowest BCUT2D eigenvalue weighted by molar-refractivity contribution is -0.148. The van der Waals surface area contributed by atoms with Gasteiger partial charge in [0.15, 0.2) is 17.2 Å². The van der Waals surface area contributed by atoms with Crippen molar-refractivity contribution in [1.82, 2.24) is 4.98 Å². The van der Waals surface area contributed by atoms with Crippen LogP contribution in [0.25, 0.3) is 0 Å². The van der Waals surface area contributed by atoms with Crippen LogP contribution in [0.1, 0.15) is 57.1 Å². The van der Waals surface area contributed by atoms with Crippen LogP contribution in [0, 0.1) is 12.8 Å². The summed E-state index contributed by atoms with van der Waals surface area (Å²) in [6.45, 7) is 11.9. The van der Waals surface area contributed by atoms with Crippen molar-refractivity contribution in [1.29, 1.82) is 0 Å². The van der Waals surface area contributed by atoms with Crippen molar-refractivity contribution in [2.24, 2.45) is 11.7 Å². The zero-order chi connectivity index (χ0) is 28.2. The Kier molecular flexibility index (Phi) is 17.6. The summed E-state index contributed by atoms with van der Waals surface area (Å²) in [4.78, 5) is 36.2. The zero-order valence-electron chi connectivity index (χ0n) is 22.8. The van der Waals surface area contributed by atoms with E-state index in [4.69, 9.17) is 24.7 Å². The highest BCUT2D eigenvalue weighted by atomic mass is 16.7. The number of hydrogen-bond acceptors (Lipinski definition) is 9. The normalized spacial score (nSPS) is 10.6. The van der Waals surface area contributed by atoms with Crippen molar-refractivity contribution in [2.45, 2.75) is 54.1 Å². The molecular formula is C27H40N2O8. The third-order valence-electron chi connectivity index (χ3n) is 4.21. The van der Waals surface area contributed by atoms with E-state index < -0.39 is 11.9 Å². The second-order valence-electron chi connectivity index (χ2n) is 8.18. The van der Waals surface area contributed by atoms with Crippen LogP contribution in [0.4, 0.5) is 0 Å². The number of benzene rings is 1. The Morgan fingerprint density at radius 3 is 2.11 bits per heavy atom. The number of nitrogens with two attached hydrogens (primary N) is 1. The van der Waals surface area contributed by atoms with Gasteiger partial charge in [0.1, 0.15) is 6.61 Å². The van der Waals surface area contributed by atoms with E-state index in [1.165, 1.54) is 31.9 Å². The SMILES string of the molecule is CCC(=O)OCC(C)OCC(C)C.COc1ccnc(C(N)=O)c1OCOC(C)=O.Cc1ccccc1. The summed E-state index contributed by atoms with van der Waals surface area (Å²) >= 11 is 0. The van der Waals surface area contributed by atoms with Crippen LogP contribution in [-0.2, 0) is 23.8 Å². The van der Waals surface area contributed by atoms with Crippen LogP contribution in [0.15, 0.2) is 42.6 Å². The number of amides is 1. The van der Waals surface area contributed by atoms with E-state index in [0.717, 1.165) is 0 Å². The number of primary amides is 1. The topological polar surface area (TPSA) is 136 Å². The summed E-state index contributed by atoms with van der Waals surface area (Å²) in [7, 11) is 1.40. The summed E-state index contributed by atoms with van der Waals surface area (Å²) in [5.74, 6) is -0.593. The van der Waals surface area contributed by atoms with Gasteiger partial charge in [0, 0.05) is 32.2 Å². The minimum atomic E-state index is -0.762. The highest BCUT2D eigenvalue weighted by Crippen LogP contribution is 2.29. The Morgan fingerprint density at radius 1 is 1.00 bits per heavy atom. The lowest BCUT2D eigenvalue weighted by atomic mass is 10.2. The summed E-state index contributed by atoms with van der Waals surface area (Å²) in [6, 6.07) is 11.8. The van der Waals surface area contributed by atoms with E-state index in [-0.39, 0.29) is 36.1 Å². The first-order chi connectivity index (χ1) is 17.5. The molecule has 206 valence electrons. The number of nitrogens with zero attached hydrogens (tertiary/aromatic N) is 1. The summed E-state index contributed by atoms with van der Waals surface area (Å²) in [5, 5.41) is 0. The quantitative estimate of drug-likeness (QED) is 0.343. The number of aromatic nitrogens is 1. The third-order valence-corrected chi connectivity index (χ3v) is 4.21. The molecule has 0 radical (unpaired) electrons. The maximum absolute atomic E-state index is 11.1. The number of carbonyl (C=O) groups excluding carboxylic acids is 3. The van der Waals surface area contributed by atoms with E-state index in [2.05, 4.69) is 42.6 Å². The van der Waals surface area contributed by atoms with Crippen molar-refractivity contribution in [3.63, 3.8) is 0 Å². The Bertz CT molecular complexity index is 935. The van der Waals surface area contributed by atoms with Crippen LogP contribution < -0.4 is 15.2 Å². The second kappa shape index (κ2) is 19.5. The van der Waals surface area contributed by atoms with E-state index in [0.29, 0.717) is 25.6 Å². The number of carbonyl (C=O) groups is 3. The van der Waals surface area contributed by atoms with E-state index in [9.17, 15) is 14.4 Å². The third kappa shape index (κ3) is 16.6. The standard InChI is InChI=1S/C10H12N2O5.C10H20O3.C7H8/c1-6(13)16-5-17-9-7(15-2)3-4-12-8(9)10(11)14;1-5-10(11)13-7-9(4)12-6-8(2)3;1-7-5-3-2-4-6-7/h3-4H,5H2,1-2H3,(H2,11,14);8-9H,5-7H2,1-4H3;2-6H,1H3. The smallest absolute Gasteiger partial charge is 0.305 e. The predicted octanol–water partition coefficient (Wildman–Crippen LogP) is 4.08. The molecule has 0 spiro atoms. The first kappa shape index (κ1) is 33.3. The van der Waals surface area contributed by atoms with Crippen LogP contribution in [0.2, 0.25) is 0 Å². The molecule has 0 fully saturated rings. The number of aryl methyl sites for hydroxylation is 1. The maximum atomic E-state index is 11.1. The van der Waals surface area contributed by atoms with Crippen LogP contribution in [0.3, 0.4) is 0 Å². The molecule has 0 bridgehead atoms. The molecule has 0 aliphatic carbocycles. The molecule has 1 unspecified atom stereocenters. The fourth-order valence-corrected chi connectivity index (χ4v) is 2.33. The van der Waals surface area contributed by atoms with Crippen LogP contribution in [0.5, 0.6) is 11.5 Å². The number of esters is 2. The van der Waals surface area contributed by atoms with Gasteiger partial charge >= 0.3 is 11.9 Å². The summed E-state index contributed by atoms with van der Waals surface area (Å²) < 4.78 is 25.0. The van der Waals surface area contributed by atoms with Gasteiger partial charge in [-0.05, 0) is 19.8 Å². The molecule has 1 heterocycles. The number of ether oxygens (including phenoxy) is 5. The summed E-state index contributed by atoms with van der Waals surface area (Å²) in [6.07, 6.45) is 1.78. The molecule has 1 aromatic carbocycles. The molecule has 10 heteroatoms. The molecule has 0 saturated carbocycles. The Labute approximate surface area is 219 Å². The van der Waals surface area contributed by atoms with Gasteiger partial charge in [0.05, 0.1) is 13.2 Å². The highest BCUT2D eigenvalue weighted by Gasteiger charge is 2.16. The van der Waals surface area contributed by atoms with E-state index in [1.807, 2.05) is 25.1 Å². The highest BCUT2D eigenvalue weighted by molar-refractivity contribution is 5.94. The second-order valence-corrected chi connectivity index (χ2v) is 8.18. The lowest BCUT2D eigenvalue weighted by Gasteiger charge is -2.14. The number of methoxy groups -OCH3 is 1. The molecule has 1 aromatic heterocycles. The molecule has 10 nitrogen and oxygen atoms in total. The minimum Gasteiger partial charge on any atom is -0.493 e. The van der Waals surface area contributed by atoms with Crippen molar-refractivity contribution in [2.75, 3.05) is 27.1 Å². The molecule has 0 saturated heterocycles. The zero-order valence-corrected chi connectivity index (χ0v) is 22.8. The van der Waals surface area contributed by atoms with Gasteiger partial charge in [0.25, 0.3) is 5.91 Å². The monoisotopic (exact) mass is 520 g/mol. The van der Waals surface area contributed by atoms with Crippen molar-refractivity contribution in [3.8, 4) is 11.5 Å². The molecule has 0 aliphatic heterocycles. The average Bonchev–Trinajstić information content (AvgIpc) is 2.86. The fraction of sp³-hybridized carbons (Fsp3) is 0.481. The Balaban J connectivity index is 0.000000570. The number of pyridine rings is 1. The van der Waals surface area contributed by atoms with Crippen molar-refractivity contribution < 1.29 is 38.1 Å². The molecule has 2 N–H and O–H groups in total. The van der Waals surface area contributed by atoms with Gasteiger partial charge in [0.2, 0.25) is 6.79 Å². The van der Waals surface area contributed by atoms with Gasteiger partial charge in [-0.2, -0.15) is 0 Å². The van der Waals surface area contributed by atoms with Crippen molar-refractivity contribution >= 4 is 17.8 Å². The summed E-state index contributed by atoms with van der Waals surface area (Å²) in [5.41, 5.74) is 6.36. The van der Waals surface area contributed by atoms with E-state index >= 15 is 0 Å². The Morgan fingerprint density at radius 2 is 1.65 bits per heavy atom. The molecule has 1 amide bonds. The molecule has 0 aliphatic rings. The van der Waals surface area contributed by atoms with Gasteiger partial charge < -0.3 is 29.4 Å². The van der Waals surface area contributed by atoms with Gasteiger partial charge in [-0.15, -0.1) is 0 Å². The fourth-order valence-electron chi connectivity index (χ4n) is 2.33. The first-order valence-corrected chi connectivity index (χ1v) is 11.9. The van der Waals surface area contributed by atoms with Gasteiger partial charge in [-0.3, -0.25) is 14.4 Å². The van der Waals surface area contributed by atoms with Crippen LogP contribution >= 0.6 is 0 Å². The van der Waals surface area contributed by atoms with Crippen LogP contribution in [-0.4, -0.2) is 56.1 Å². The molecular weight excluding hydrogens is 480 g/mol. The molecule has 1 atom stereocenters. The largest absolute Gasteiger partial charge is 0.493 e. The number of hydrogen-bond donors (Lipinski definition) is 1. The number of rotatable bonds is 11. The average molecular weight is 521 g/mol. The predicted molar refractivity (Wildman–Crippen MR) is 139 cm³/mol. The lowest BCUT2D eigenvalue weighted by Crippen LogP contribution is -2.20. The van der Waals surface area contributed by atoms with Crippen molar-refractivity contribution in [3.05, 3.63) is 53.9 Å². The Hall–Kier alpha value is -3.66. The maximum Gasteiger partial charge on any atom is 0.305 e. The van der Waals surface area contributed by atoms with E-state index in [1.54, 1.807) is 6.92 Å². The molecule has 2 rings (SSSR count). The minimum absolute atomic E-state index is 0.00194. The van der Waals surface area contributed by atoms with Gasteiger partial charge in [-0.1, -0.05) is 56.7 Å². The molecule has 37 heavy (non-hydrogen) atoms. The first-order valence-electron chi connectivity index (χ1n) is 11.9.